The van der Waals surface area contributed by atoms with E-state index < -0.39 is 6.10 Å². The molecule has 1 atom stereocenters. The van der Waals surface area contributed by atoms with Gasteiger partial charge in [0.2, 0.25) is 0 Å². The highest BCUT2D eigenvalue weighted by Crippen LogP contribution is 2.18. The minimum atomic E-state index is -0.724. The summed E-state index contributed by atoms with van der Waals surface area (Å²) in [6, 6.07) is 16.1. The Hall–Kier alpha value is -3.59. The number of benzene rings is 2. The molecule has 0 spiro atoms. The second-order valence-corrected chi connectivity index (χ2v) is 5.25. The highest BCUT2D eigenvalue weighted by Gasteiger charge is 2.13. The number of amides is 1. The molecule has 0 aliphatic heterocycles. The highest BCUT2D eigenvalue weighted by atomic mass is 16.5. The van der Waals surface area contributed by atoms with Crippen LogP contribution in [-0.4, -0.2) is 25.3 Å². The lowest BCUT2D eigenvalue weighted by molar-refractivity contribution is -0.127. The van der Waals surface area contributed by atoms with Crippen molar-refractivity contribution in [2.24, 2.45) is 5.10 Å². The Morgan fingerprint density at radius 2 is 1.96 bits per heavy atom. The van der Waals surface area contributed by atoms with Crippen LogP contribution in [0.4, 0.5) is 0 Å². The summed E-state index contributed by atoms with van der Waals surface area (Å²) in [6.45, 7) is 1.62. The van der Waals surface area contributed by atoms with Gasteiger partial charge in [0.05, 0.1) is 18.7 Å². The summed E-state index contributed by atoms with van der Waals surface area (Å²) in [5.74, 6) is 0.883. The minimum absolute atomic E-state index is 0.378. The first-order valence-corrected chi connectivity index (χ1v) is 7.93. The van der Waals surface area contributed by atoms with E-state index in [0.29, 0.717) is 11.3 Å². The Kier molecular flexibility index (Phi) is 6.95. The van der Waals surface area contributed by atoms with Gasteiger partial charge in [0.25, 0.3) is 5.91 Å². The van der Waals surface area contributed by atoms with Crippen LogP contribution in [0.1, 0.15) is 18.1 Å². The quantitative estimate of drug-likeness (QED) is 0.615. The third kappa shape index (κ3) is 5.49. The van der Waals surface area contributed by atoms with Crippen molar-refractivity contribution in [1.29, 1.82) is 5.26 Å². The van der Waals surface area contributed by atoms with E-state index in [1.807, 2.05) is 36.4 Å². The van der Waals surface area contributed by atoms with Gasteiger partial charge in [-0.15, -0.1) is 0 Å². The van der Waals surface area contributed by atoms with E-state index in [4.69, 9.17) is 14.7 Å². The Morgan fingerprint density at radius 3 is 2.65 bits per heavy atom. The second-order valence-electron chi connectivity index (χ2n) is 5.25. The van der Waals surface area contributed by atoms with Crippen molar-refractivity contribution >= 4 is 18.2 Å². The molecule has 1 unspecified atom stereocenters. The van der Waals surface area contributed by atoms with Crippen molar-refractivity contribution in [3.05, 3.63) is 65.7 Å². The first-order chi connectivity index (χ1) is 12.6. The second kappa shape index (κ2) is 9.64. The zero-order chi connectivity index (χ0) is 18.8. The lowest BCUT2D eigenvalue weighted by atomic mass is 10.2. The molecule has 1 amide bonds. The Balaban J connectivity index is 1.84. The van der Waals surface area contributed by atoms with Crippen LogP contribution in [0.15, 0.2) is 59.7 Å². The average Bonchev–Trinajstić information content (AvgIpc) is 2.68. The fourth-order valence-corrected chi connectivity index (χ4v) is 2.05. The van der Waals surface area contributed by atoms with E-state index in [0.717, 1.165) is 11.3 Å². The topological polar surface area (TPSA) is 83.7 Å². The van der Waals surface area contributed by atoms with Gasteiger partial charge >= 0.3 is 0 Å². The number of nitriles is 1. The monoisotopic (exact) mass is 349 g/mol. The van der Waals surface area contributed by atoms with Crippen LogP contribution in [0.3, 0.4) is 0 Å². The van der Waals surface area contributed by atoms with Gasteiger partial charge in [-0.05, 0) is 49.4 Å². The average molecular weight is 349 g/mol. The van der Waals surface area contributed by atoms with Crippen LogP contribution in [0.25, 0.3) is 6.08 Å². The predicted octanol–water partition coefficient (Wildman–Crippen LogP) is 3.15. The molecule has 0 aliphatic rings. The van der Waals surface area contributed by atoms with E-state index in [1.165, 1.54) is 6.21 Å². The van der Waals surface area contributed by atoms with Gasteiger partial charge < -0.3 is 9.47 Å². The molecular weight excluding hydrogens is 330 g/mol. The molecule has 2 aromatic rings. The molecule has 0 aromatic heterocycles. The number of hydrogen-bond donors (Lipinski definition) is 1. The maximum atomic E-state index is 12.0. The van der Waals surface area contributed by atoms with Crippen molar-refractivity contribution in [2.75, 3.05) is 7.11 Å². The lowest BCUT2D eigenvalue weighted by Gasteiger charge is -2.12. The smallest absolute Gasteiger partial charge is 0.280 e. The number of ether oxygens (including phenoxy) is 2. The number of nitrogens with one attached hydrogen (secondary N) is 1. The zero-order valence-corrected chi connectivity index (χ0v) is 14.5. The number of nitrogens with zero attached hydrogens (tertiary/aromatic N) is 2. The number of allylic oxidation sites excluding steroid dienone is 1. The summed E-state index contributed by atoms with van der Waals surface area (Å²) in [5.41, 5.74) is 3.85. The molecule has 6 heteroatoms. The van der Waals surface area contributed by atoms with E-state index in [-0.39, 0.29) is 5.91 Å². The molecule has 26 heavy (non-hydrogen) atoms. The molecule has 0 aliphatic carbocycles. The van der Waals surface area contributed by atoms with Gasteiger partial charge in [0.1, 0.15) is 11.5 Å². The lowest BCUT2D eigenvalue weighted by Crippen LogP contribution is -2.33. The van der Waals surface area contributed by atoms with E-state index in [2.05, 4.69) is 10.5 Å². The molecular formula is C20H19N3O3. The number of carbonyl (C=O) groups excluding carboxylic acids is 1. The normalized spacial score (nSPS) is 11.9. The summed E-state index contributed by atoms with van der Waals surface area (Å²) in [4.78, 5) is 12.0. The number of hydrazone groups is 1. The third-order valence-electron chi connectivity index (χ3n) is 3.42. The molecule has 1 N–H and O–H groups in total. The zero-order valence-electron chi connectivity index (χ0n) is 14.5. The summed E-state index contributed by atoms with van der Waals surface area (Å²) in [5, 5.41) is 12.6. The Bertz CT molecular complexity index is 836. The largest absolute Gasteiger partial charge is 0.496 e. The molecule has 0 saturated carbocycles. The summed E-state index contributed by atoms with van der Waals surface area (Å²) in [6.07, 6.45) is 4.27. The van der Waals surface area contributed by atoms with Gasteiger partial charge in [0, 0.05) is 11.8 Å². The van der Waals surface area contributed by atoms with Crippen LogP contribution in [-0.2, 0) is 4.79 Å². The van der Waals surface area contributed by atoms with Crippen molar-refractivity contribution in [3.8, 4) is 17.6 Å². The maximum Gasteiger partial charge on any atom is 0.280 e. The van der Waals surface area contributed by atoms with Crippen molar-refractivity contribution in [2.45, 2.75) is 13.0 Å². The van der Waals surface area contributed by atoms with E-state index in [9.17, 15) is 4.79 Å². The van der Waals surface area contributed by atoms with Crippen molar-refractivity contribution in [3.63, 3.8) is 0 Å². The highest BCUT2D eigenvalue weighted by molar-refractivity contribution is 5.84. The number of methoxy groups -OCH3 is 1. The van der Waals surface area contributed by atoms with Crippen molar-refractivity contribution < 1.29 is 14.3 Å². The fourth-order valence-electron chi connectivity index (χ4n) is 2.05. The first-order valence-electron chi connectivity index (χ1n) is 7.93. The van der Waals surface area contributed by atoms with Crippen LogP contribution in [0.2, 0.25) is 0 Å². The Labute approximate surface area is 152 Å². The predicted molar refractivity (Wildman–Crippen MR) is 99.9 cm³/mol. The van der Waals surface area contributed by atoms with Crippen LogP contribution >= 0.6 is 0 Å². The van der Waals surface area contributed by atoms with E-state index >= 15 is 0 Å². The molecule has 2 aromatic carbocycles. The summed E-state index contributed by atoms with van der Waals surface area (Å²) in [7, 11) is 1.61. The van der Waals surface area contributed by atoms with Crippen molar-refractivity contribution in [1.82, 2.24) is 5.43 Å². The third-order valence-corrected chi connectivity index (χ3v) is 3.42. The standard InChI is InChI=1S/C20H19N3O3/c1-15(26-18-11-9-16(14-21)10-12-18)20(24)23-22-13-5-7-17-6-3-4-8-19(17)25-2/h3-13,15H,1-2H3,(H,23,24)/b7-5+,22-13+. The molecule has 132 valence electrons. The summed E-state index contributed by atoms with van der Waals surface area (Å²) >= 11 is 0. The molecule has 0 saturated heterocycles. The Morgan fingerprint density at radius 1 is 1.23 bits per heavy atom. The molecule has 0 fully saturated rings. The van der Waals surface area contributed by atoms with Gasteiger partial charge in [-0.2, -0.15) is 10.4 Å². The van der Waals surface area contributed by atoms with Gasteiger partial charge in [-0.1, -0.05) is 18.2 Å². The molecule has 0 heterocycles. The SMILES string of the molecule is COc1ccccc1/C=C/C=N/NC(=O)C(C)Oc1ccc(C#N)cc1. The van der Waals surface area contributed by atoms with E-state index in [1.54, 1.807) is 44.4 Å². The van der Waals surface area contributed by atoms with Gasteiger partial charge in [-0.3, -0.25) is 4.79 Å². The van der Waals surface area contributed by atoms with Crippen LogP contribution in [0.5, 0.6) is 11.5 Å². The number of rotatable bonds is 7. The van der Waals surface area contributed by atoms with Crippen LogP contribution < -0.4 is 14.9 Å². The minimum Gasteiger partial charge on any atom is -0.496 e. The van der Waals surface area contributed by atoms with Gasteiger partial charge in [-0.25, -0.2) is 5.43 Å². The molecule has 0 bridgehead atoms. The first kappa shape index (κ1) is 18.7. The van der Waals surface area contributed by atoms with Gasteiger partial charge in [0.15, 0.2) is 6.10 Å². The molecule has 6 nitrogen and oxygen atoms in total. The fraction of sp³-hybridized carbons (Fsp3) is 0.150. The maximum absolute atomic E-state index is 12.0. The molecule has 2 rings (SSSR count). The number of hydrogen-bond acceptors (Lipinski definition) is 5. The number of para-hydroxylation sites is 1. The molecule has 0 radical (unpaired) electrons. The van der Waals surface area contributed by atoms with Crippen LogP contribution in [0, 0.1) is 11.3 Å². The number of carbonyl (C=O) groups is 1. The summed E-state index contributed by atoms with van der Waals surface area (Å²) < 4.78 is 10.7.